The summed E-state index contributed by atoms with van der Waals surface area (Å²) in [6.45, 7) is 3.66. The molecule has 0 spiro atoms. The van der Waals surface area contributed by atoms with Crippen LogP contribution in [0.3, 0.4) is 0 Å². The zero-order chi connectivity index (χ0) is 18.8. The Morgan fingerprint density at radius 2 is 2.07 bits per heavy atom. The van der Waals surface area contributed by atoms with E-state index in [0.29, 0.717) is 55.6 Å². The number of rotatable bonds is 3. The monoisotopic (exact) mass is 389 g/mol. The molecule has 2 aliphatic heterocycles. The Kier molecular flexibility index (Phi) is 5.27. The average molecular weight is 390 g/mol. The van der Waals surface area contributed by atoms with Crippen LogP contribution in [0.25, 0.3) is 0 Å². The lowest BCUT2D eigenvalue weighted by atomic mass is 10.1. The molecule has 1 amide bonds. The van der Waals surface area contributed by atoms with Crippen LogP contribution >= 0.6 is 11.6 Å². The van der Waals surface area contributed by atoms with Crippen molar-refractivity contribution < 1.29 is 13.9 Å². The predicted molar refractivity (Wildman–Crippen MR) is 101 cm³/mol. The highest BCUT2D eigenvalue weighted by Crippen LogP contribution is 2.25. The molecule has 2 aromatic rings. The Labute approximate surface area is 162 Å². The maximum Gasteiger partial charge on any atom is 0.272 e. The number of carbonyl (C=O) groups is 1. The Morgan fingerprint density at radius 3 is 2.85 bits per heavy atom. The van der Waals surface area contributed by atoms with Crippen LogP contribution in [0, 0.1) is 5.82 Å². The number of ether oxygens (including phenoxy) is 1. The molecule has 7 heteroatoms. The molecule has 1 saturated heterocycles. The van der Waals surface area contributed by atoms with Crippen LogP contribution in [0.5, 0.6) is 5.75 Å². The average Bonchev–Trinajstić information content (AvgIpc) is 2.70. The van der Waals surface area contributed by atoms with Crippen molar-refractivity contribution in [1.82, 2.24) is 14.8 Å². The second-order valence-corrected chi connectivity index (χ2v) is 7.31. The van der Waals surface area contributed by atoms with Gasteiger partial charge in [-0.05, 0) is 36.6 Å². The number of carbonyl (C=O) groups excluding carboxylic acids is 1. The van der Waals surface area contributed by atoms with E-state index in [1.54, 1.807) is 23.2 Å². The van der Waals surface area contributed by atoms with E-state index < -0.39 is 0 Å². The van der Waals surface area contributed by atoms with E-state index in [-0.39, 0.29) is 11.7 Å². The second-order valence-electron chi connectivity index (χ2n) is 6.90. The summed E-state index contributed by atoms with van der Waals surface area (Å²) in [7, 11) is 0. The molecule has 142 valence electrons. The number of aromatic nitrogens is 1. The van der Waals surface area contributed by atoms with Crippen LogP contribution in [-0.2, 0) is 13.0 Å². The highest BCUT2D eigenvalue weighted by atomic mass is 35.5. The Balaban J connectivity index is 1.38. The van der Waals surface area contributed by atoms with Gasteiger partial charge in [0.05, 0.1) is 12.8 Å². The van der Waals surface area contributed by atoms with Crippen LogP contribution in [0.1, 0.15) is 28.0 Å². The number of benzene rings is 1. The molecule has 0 N–H and O–H groups in total. The first kappa shape index (κ1) is 18.2. The molecule has 27 heavy (non-hydrogen) atoms. The van der Waals surface area contributed by atoms with Gasteiger partial charge >= 0.3 is 0 Å². The van der Waals surface area contributed by atoms with E-state index in [1.165, 1.54) is 6.07 Å². The SMILES string of the molecule is O=C(c1cc2c(cn1)OCCC2)N1CCN(Cc2c(F)cccc2Cl)CC1. The largest absolute Gasteiger partial charge is 0.492 e. The van der Waals surface area contributed by atoms with Gasteiger partial charge in [-0.3, -0.25) is 9.69 Å². The summed E-state index contributed by atoms with van der Waals surface area (Å²) < 4.78 is 19.5. The molecule has 0 saturated carbocycles. The minimum absolute atomic E-state index is 0.0630. The van der Waals surface area contributed by atoms with Crippen molar-refractivity contribution in [3.8, 4) is 5.75 Å². The van der Waals surface area contributed by atoms with Gasteiger partial charge in [0.2, 0.25) is 0 Å². The molecule has 0 unspecified atom stereocenters. The van der Waals surface area contributed by atoms with Crippen molar-refractivity contribution in [3.63, 3.8) is 0 Å². The highest BCUT2D eigenvalue weighted by molar-refractivity contribution is 6.31. The predicted octanol–water partition coefficient (Wildman–Crippen LogP) is 3.16. The fourth-order valence-corrected chi connectivity index (χ4v) is 3.77. The minimum Gasteiger partial charge on any atom is -0.492 e. The van der Waals surface area contributed by atoms with E-state index in [4.69, 9.17) is 16.3 Å². The number of hydrogen-bond donors (Lipinski definition) is 0. The van der Waals surface area contributed by atoms with E-state index in [0.717, 1.165) is 24.2 Å². The minimum atomic E-state index is -0.290. The van der Waals surface area contributed by atoms with E-state index in [1.807, 2.05) is 6.07 Å². The summed E-state index contributed by atoms with van der Waals surface area (Å²) in [4.78, 5) is 21.0. The highest BCUT2D eigenvalue weighted by Gasteiger charge is 2.25. The van der Waals surface area contributed by atoms with E-state index in [9.17, 15) is 9.18 Å². The fraction of sp³-hybridized carbons (Fsp3) is 0.400. The number of hydrogen-bond acceptors (Lipinski definition) is 4. The second kappa shape index (κ2) is 7.82. The molecular formula is C20H21ClFN3O2. The molecule has 2 aliphatic rings. The Hall–Kier alpha value is -2.18. The van der Waals surface area contributed by atoms with Gasteiger partial charge in [0, 0.05) is 43.3 Å². The van der Waals surface area contributed by atoms with Crippen LogP contribution in [0.4, 0.5) is 4.39 Å². The zero-order valence-corrected chi connectivity index (χ0v) is 15.7. The number of amides is 1. The molecule has 0 radical (unpaired) electrons. The van der Waals surface area contributed by atoms with E-state index >= 15 is 0 Å². The number of aryl methyl sites for hydroxylation is 1. The van der Waals surface area contributed by atoms with Gasteiger partial charge in [0.15, 0.2) is 0 Å². The molecule has 1 fully saturated rings. The number of halogens is 2. The zero-order valence-electron chi connectivity index (χ0n) is 15.0. The number of pyridine rings is 1. The van der Waals surface area contributed by atoms with Crippen LogP contribution < -0.4 is 4.74 Å². The van der Waals surface area contributed by atoms with Crippen LogP contribution in [0.15, 0.2) is 30.5 Å². The molecule has 0 aliphatic carbocycles. The number of nitrogens with zero attached hydrogens (tertiary/aromatic N) is 3. The summed E-state index contributed by atoms with van der Waals surface area (Å²) in [6, 6.07) is 6.58. The third-order valence-corrected chi connectivity index (χ3v) is 5.47. The van der Waals surface area contributed by atoms with Gasteiger partial charge in [-0.25, -0.2) is 9.37 Å². The fourth-order valence-electron chi connectivity index (χ4n) is 3.55. The molecule has 0 atom stereocenters. The van der Waals surface area contributed by atoms with Gasteiger partial charge in [-0.1, -0.05) is 17.7 Å². The van der Waals surface area contributed by atoms with Gasteiger partial charge < -0.3 is 9.64 Å². The first-order chi connectivity index (χ1) is 13.1. The molecule has 1 aromatic heterocycles. The maximum absolute atomic E-state index is 14.0. The normalized spacial score (nSPS) is 17.3. The molecule has 0 bridgehead atoms. The standard InChI is InChI=1S/C20H21ClFN3O2/c21-16-4-1-5-17(22)15(16)13-24-6-8-25(9-7-24)20(26)18-11-14-3-2-10-27-19(14)12-23-18/h1,4-5,11-12H,2-3,6-10,13H2. The molecule has 3 heterocycles. The lowest BCUT2D eigenvalue weighted by molar-refractivity contribution is 0.0621. The van der Waals surface area contributed by atoms with Gasteiger partial charge in [0.25, 0.3) is 5.91 Å². The molecular weight excluding hydrogens is 369 g/mol. The summed E-state index contributed by atoms with van der Waals surface area (Å²) in [5.74, 6) is 0.429. The van der Waals surface area contributed by atoms with Crippen molar-refractivity contribution in [2.75, 3.05) is 32.8 Å². The van der Waals surface area contributed by atoms with Crippen molar-refractivity contribution in [1.29, 1.82) is 0 Å². The first-order valence-electron chi connectivity index (χ1n) is 9.18. The van der Waals surface area contributed by atoms with Crippen molar-refractivity contribution in [3.05, 3.63) is 58.1 Å². The number of fused-ring (bicyclic) bond motifs is 1. The quantitative estimate of drug-likeness (QED) is 0.809. The summed E-state index contributed by atoms with van der Waals surface area (Å²) in [6.07, 6.45) is 3.52. The molecule has 5 nitrogen and oxygen atoms in total. The third-order valence-electron chi connectivity index (χ3n) is 5.12. The summed E-state index contributed by atoms with van der Waals surface area (Å²) >= 11 is 6.12. The first-order valence-corrected chi connectivity index (χ1v) is 9.56. The topological polar surface area (TPSA) is 45.7 Å². The van der Waals surface area contributed by atoms with Crippen molar-refractivity contribution >= 4 is 17.5 Å². The van der Waals surface area contributed by atoms with Gasteiger partial charge in [-0.15, -0.1) is 0 Å². The number of piperazine rings is 1. The smallest absolute Gasteiger partial charge is 0.272 e. The molecule has 4 rings (SSSR count). The van der Waals surface area contributed by atoms with Crippen LogP contribution in [0.2, 0.25) is 5.02 Å². The Bertz CT molecular complexity index is 833. The van der Waals surface area contributed by atoms with E-state index in [2.05, 4.69) is 9.88 Å². The van der Waals surface area contributed by atoms with Gasteiger partial charge in [0.1, 0.15) is 17.3 Å². The maximum atomic E-state index is 14.0. The van der Waals surface area contributed by atoms with Crippen molar-refractivity contribution in [2.24, 2.45) is 0 Å². The van der Waals surface area contributed by atoms with Gasteiger partial charge in [-0.2, -0.15) is 0 Å². The lowest BCUT2D eigenvalue weighted by Crippen LogP contribution is -2.48. The third kappa shape index (κ3) is 3.92. The van der Waals surface area contributed by atoms with Crippen molar-refractivity contribution in [2.45, 2.75) is 19.4 Å². The molecule has 1 aromatic carbocycles. The van der Waals surface area contributed by atoms with Crippen LogP contribution in [-0.4, -0.2) is 53.5 Å². The Morgan fingerprint density at radius 1 is 1.26 bits per heavy atom. The summed E-state index contributed by atoms with van der Waals surface area (Å²) in [5, 5.41) is 0.439. The lowest BCUT2D eigenvalue weighted by Gasteiger charge is -2.34. The summed E-state index contributed by atoms with van der Waals surface area (Å²) in [5.41, 5.74) is 2.02.